The molecular formula is C21H17F3N4O3. The minimum absolute atomic E-state index is 0.140. The van der Waals surface area contributed by atoms with Crippen molar-refractivity contribution < 1.29 is 22.9 Å². The van der Waals surface area contributed by atoms with E-state index in [-0.39, 0.29) is 11.3 Å². The highest BCUT2D eigenvalue weighted by Gasteiger charge is 2.30. The maximum Gasteiger partial charge on any atom is 0.416 e. The van der Waals surface area contributed by atoms with Gasteiger partial charge < -0.3 is 4.57 Å². The summed E-state index contributed by atoms with van der Waals surface area (Å²) in [5.74, 6) is -0.754. The van der Waals surface area contributed by atoms with E-state index in [1.54, 1.807) is 30.5 Å². The summed E-state index contributed by atoms with van der Waals surface area (Å²) in [4.78, 5) is 22.6. The van der Waals surface area contributed by atoms with E-state index >= 15 is 0 Å². The quantitative estimate of drug-likeness (QED) is 0.359. The molecular weight excluding hydrogens is 413 g/mol. The van der Waals surface area contributed by atoms with Crippen molar-refractivity contribution >= 4 is 17.8 Å². The number of aromatic nitrogens is 1. The predicted molar refractivity (Wildman–Crippen MR) is 108 cm³/mol. The number of benzene rings is 2. The lowest BCUT2D eigenvalue weighted by atomic mass is 10.2. The standard InChI is InChI=1S/C21H17F3N4O3/c1-13-10-15(12-25-26-20(29)18-8-3-4-9-19(18)28(30)31)14(2)27(13)17-7-5-6-16(11-17)21(22,23)24/h3-12H,1-2H3,(H,26,29). The largest absolute Gasteiger partial charge is 0.416 e. The molecule has 31 heavy (non-hydrogen) atoms. The second-order valence-corrected chi connectivity index (χ2v) is 6.68. The minimum atomic E-state index is -4.46. The number of nitro groups is 1. The van der Waals surface area contributed by atoms with Crippen LogP contribution in [-0.4, -0.2) is 21.6 Å². The van der Waals surface area contributed by atoms with Crippen LogP contribution in [0, 0.1) is 24.0 Å². The summed E-state index contributed by atoms with van der Waals surface area (Å²) in [5.41, 5.74) is 3.18. The Morgan fingerprint density at radius 1 is 1.13 bits per heavy atom. The molecule has 7 nitrogen and oxygen atoms in total. The van der Waals surface area contributed by atoms with E-state index in [9.17, 15) is 28.1 Å². The molecule has 1 amide bonds. The van der Waals surface area contributed by atoms with Crippen LogP contribution < -0.4 is 5.43 Å². The first-order valence-electron chi connectivity index (χ1n) is 9.03. The number of aryl methyl sites for hydroxylation is 1. The lowest BCUT2D eigenvalue weighted by Crippen LogP contribution is -2.19. The summed E-state index contributed by atoms with van der Waals surface area (Å²) in [6.45, 7) is 3.44. The summed E-state index contributed by atoms with van der Waals surface area (Å²) in [6, 6.07) is 12.1. The Balaban J connectivity index is 1.84. The van der Waals surface area contributed by atoms with E-state index in [4.69, 9.17) is 0 Å². The monoisotopic (exact) mass is 430 g/mol. The topological polar surface area (TPSA) is 89.5 Å². The zero-order valence-corrected chi connectivity index (χ0v) is 16.5. The molecule has 0 saturated heterocycles. The number of nitrogens with zero attached hydrogens (tertiary/aromatic N) is 3. The van der Waals surface area contributed by atoms with Crippen LogP contribution in [-0.2, 0) is 6.18 Å². The summed E-state index contributed by atoms with van der Waals surface area (Å²) in [7, 11) is 0. The van der Waals surface area contributed by atoms with Gasteiger partial charge in [-0.3, -0.25) is 14.9 Å². The molecule has 1 heterocycles. The average Bonchev–Trinajstić information content (AvgIpc) is 3.00. The molecule has 3 rings (SSSR count). The maximum atomic E-state index is 13.0. The second-order valence-electron chi connectivity index (χ2n) is 6.68. The Hall–Kier alpha value is -3.95. The molecule has 0 bridgehead atoms. The average molecular weight is 430 g/mol. The molecule has 0 spiro atoms. The van der Waals surface area contributed by atoms with Gasteiger partial charge in [0.05, 0.1) is 16.7 Å². The van der Waals surface area contributed by atoms with Crippen molar-refractivity contribution in [3.63, 3.8) is 0 Å². The van der Waals surface area contributed by atoms with Crippen LogP contribution in [0.15, 0.2) is 59.7 Å². The number of carbonyl (C=O) groups is 1. The Labute approximate surface area is 175 Å². The highest BCUT2D eigenvalue weighted by molar-refractivity contribution is 5.98. The molecule has 3 aromatic rings. The third-order valence-electron chi connectivity index (χ3n) is 4.62. The SMILES string of the molecule is Cc1cc(C=NNC(=O)c2ccccc2[N+](=O)[O-])c(C)n1-c1cccc(C(F)(F)F)c1. The summed E-state index contributed by atoms with van der Waals surface area (Å²) in [5, 5.41) is 14.9. The summed E-state index contributed by atoms with van der Waals surface area (Å²) in [6.07, 6.45) is -3.13. The lowest BCUT2D eigenvalue weighted by molar-refractivity contribution is -0.385. The van der Waals surface area contributed by atoms with Crippen molar-refractivity contribution in [2.75, 3.05) is 0 Å². The van der Waals surface area contributed by atoms with Crippen molar-refractivity contribution in [3.8, 4) is 5.69 Å². The first-order valence-corrected chi connectivity index (χ1v) is 9.03. The smallest absolute Gasteiger partial charge is 0.318 e. The van der Waals surface area contributed by atoms with E-state index in [1.165, 1.54) is 36.5 Å². The molecule has 1 aromatic heterocycles. The highest BCUT2D eigenvalue weighted by atomic mass is 19.4. The van der Waals surface area contributed by atoms with Crippen LogP contribution in [0.3, 0.4) is 0 Å². The third kappa shape index (κ3) is 4.63. The lowest BCUT2D eigenvalue weighted by Gasteiger charge is -2.13. The molecule has 0 unspecified atom stereocenters. The number of para-hydroxylation sites is 1. The molecule has 2 aromatic carbocycles. The van der Waals surface area contributed by atoms with E-state index in [0.717, 1.165) is 12.1 Å². The zero-order valence-electron chi connectivity index (χ0n) is 16.5. The number of rotatable bonds is 5. The van der Waals surface area contributed by atoms with Crippen molar-refractivity contribution in [2.45, 2.75) is 20.0 Å². The Morgan fingerprint density at radius 3 is 2.52 bits per heavy atom. The number of hydrogen-bond donors (Lipinski definition) is 1. The van der Waals surface area contributed by atoms with E-state index in [0.29, 0.717) is 22.6 Å². The van der Waals surface area contributed by atoms with Gasteiger partial charge in [-0.15, -0.1) is 0 Å². The molecule has 0 fully saturated rings. The van der Waals surface area contributed by atoms with Gasteiger partial charge in [-0.2, -0.15) is 18.3 Å². The first kappa shape index (κ1) is 21.8. The predicted octanol–water partition coefficient (Wildman–Crippen LogP) is 4.79. The number of amides is 1. The van der Waals surface area contributed by atoms with Gasteiger partial charge in [-0.1, -0.05) is 18.2 Å². The highest BCUT2D eigenvalue weighted by Crippen LogP contribution is 2.31. The second kappa shape index (κ2) is 8.42. The maximum absolute atomic E-state index is 13.0. The Kier molecular flexibility index (Phi) is 5.91. The molecule has 0 saturated carbocycles. The van der Waals surface area contributed by atoms with Gasteiger partial charge in [0.15, 0.2) is 0 Å². The summed E-state index contributed by atoms with van der Waals surface area (Å²) < 4.78 is 40.8. The van der Waals surface area contributed by atoms with E-state index in [2.05, 4.69) is 10.5 Å². The molecule has 0 atom stereocenters. The van der Waals surface area contributed by atoms with Crippen molar-refractivity contribution in [1.29, 1.82) is 0 Å². The van der Waals surface area contributed by atoms with Crippen LogP contribution in [0.5, 0.6) is 0 Å². The number of alkyl halides is 3. The fourth-order valence-corrected chi connectivity index (χ4v) is 3.18. The fourth-order valence-electron chi connectivity index (χ4n) is 3.18. The van der Waals surface area contributed by atoms with Crippen LogP contribution in [0.25, 0.3) is 5.69 Å². The van der Waals surface area contributed by atoms with E-state index in [1.807, 2.05) is 0 Å². The molecule has 0 aliphatic heterocycles. The van der Waals surface area contributed by atoms with Gasteiger partial charge in [0.1, 0.15) is 5.56 Å². The zero-order chi connectivity index (χ0) is 22.8. The number of nitro benzene ring substituents is 1. The summed E-state index contributed by atoms with van der Waals surface area (Å²) >= 11 is 0. The van der Waals surface area contributed by atoms with Crippen LogP contribution >= 0.6 is 0 Å². The number of hydrazone groups is 1. The van der Waals surface area contributed by atoms with Crippen molar-refractivity contribution in [3.05, 3.63) is 92.8 Å². The molecule has 0 radical (unpaired) electrons. The number of halogens is 3. The number of carbonyl (C=O) groups excluding carboxylic acids is 1. The van der Waals surface area contributed by atoms with E-state index < -0.39 is 22.6 Å². The first-order chi connectivity index (χ1) is 14.6. The van der Waals surface area contributed by atoms with Gasteiger partial charge in [0.2, 0.25) is 0 Å². The molecule has 1 N–H and O–H groups in total. The Morgan fingerprint density at radius 2 is 1.84 bits per heavy atom. The third-order valence-corrected chi connectivity index (χ3v) is 4.62. The molecule has 0 aliphatic rings. The molecule has 160 valence electrons. The van der Waals surface area contributed by atoms with Gasteiger partial charge in [0, 0.05) is 28.7 Å². The Bertz CT molecular complexity index is 1180. The van der Waals surface area contributed by atoms with Crippen molar-refractivity contribution in [1.82, 2.24) is 9.99 Å². The van der Waals surface area contributed by atoms with Crippen LogP contribution in [0.4, 0.5) is 18.9 Å². The molecule has 10 heteroatoms. The molecule has 0 aliphatic carbocycles. The number of nitrogens with one attached hydrogen (secondary N) is 1. The van der Waals surface area contributed by atoms with Gasteiger partial charge in [-0.05, 0) is 44.2 Å². The number of hydrogen-bond acceptors (Lipinski definition) is 4. The van der Waals surface area contributed by atoms with Crippen LogP contribution in [0.2, 0.25) is 0 Å². The van der Waals surface area contributed by atoms with Gasteiger partial charge >= 0.3 is 6.18 Å². The van der Waals surface area contributed by atoms with Gasteiger partial charge in [-0.25, -0.2) is 5.43 Å². The normalized spacial score (nSPS) is 11.6. The van der Waals surface area contributed by atoms with Crippen LogP contribution in [0.1, 0.15) is 32.9 Å². The fraction of sp³-hybridized carbons (Fsp3) is 0.143. The minimum Gasteiger partial charge on any atom is -0.318 e. The van der Waals surface area contributed by atoms with Crippen molar-refractivity contribution in [2.24, 2.45) is 5.10 Å². The van der Waals surface area contributed by atoms with Gasteiger partial charge in [0.25, 0.3) is 11.6 Å².